The average Bonchev–Trinajstić information content (AvgIpc) is 3.46. The maximum absolute atomic E-state index is 13.7. The number of thiophene rings is 1. The molecule has 1 heterocycles. The number of carbonyl (C=O) groups is 2. The summed E-state index contributed by atoms with van der Waals surface area (Å²) in [5, 5.41) is 0.690. The number of esters is 1. The Kier molecular flexibility index (Phi) is 6.52. The highest BCUT2D eigenvalue weighted by molar-refractivity contribution is 7.20. The van der Waals surface area contributed by atoms with Gasteiger partial charge in [-0.15, -0.1) is 11.3 Å². The zero-order valence-electron chi connectivity index (χ0n) is 18.0. The standard InChI is InChI=1S/C26H27NO3S/c1-3-30-26(29)22-17-23(19-9-5-4-6-10-19)31-25(22)27(21-11-7-8-12-21)24(28)20-15-13-18(2)14-16-20/h4-6,9-10,13-17,21H,3,7-8,11-12H2,1-2H3. The second-order valence-corrected chi connectivity index (χ2v) is 8.93. The first-order valence-corrected chi connectivity index (χ1v) is 11.7. The summed E-state index contributed by atoms with van der Waals surface area (Å²) >= 11 is 1.49. The van der Waals surface area contributed by atoms with Gasteiger partial charge in [0.25, 0.3) is 5.91 Å². The van der Waals surface area contributed by atoms with Gasteiger partial charge in [-0.3, -0.25) is 9.69 Å². The Bertz CT molecular complexity index is 1050. The van der Waals surface area contributed by atoms with Crippen molar-refractivity contribution in [1.29, 1.82) is 0 Å². The third kappa shape index (κ3) is 4.57. The van der Waals surface area contributed by atoms with Gasteiger partial charge >= 0.3 is 5.97 Å². The van der Waals surface area contributed by atoms with Crippen molar-refractivity contribution in [1.82, 2.24) is 0 Å². The molecule has 0 bridgehead atoms. The Hall–Kier alpha value is -2.92. The molecule has 0 aliphatic heterocycles. The highest BCUT2D eigenvalue weighted by atomic mass is 32.1. The van der Waals surface area contributed by atoms with Crippen LogP contribution in [0.1, 0.15) is 58.9 Å². The predicted molar refractivity (Wildman–Crippen MR) is 126 cm³/mol. The average molecular weight is 434 g/mol. The molecule has 0 saturated heterocycles. The van der Waals surface area contributed by atoms with Gasteiger partial charge in [0.1, 0.15) is 5.00 Å². The monoisotopic (exact) mass is 433 g/mol. The highest BCUT2D eigenvalue weighted by Crippen LogP contribution is 2.42. The number of hydrogen-bond donors (Lipinski definition) is 0. The van der Waals surface area contributed by atoms with E-state index in [1.54, 1.807) is 6.92 Å². The van der Waals surface area contributed by atoms with Gasteiger partial charge in [-0.25, -0.2) is 4.79 Å². The Balaban J connectivity index is 1.82. The number of carbonyl (C=O) groups excluding carboxylic acids is 2. The van der Waals surface area contributed by atoms with Gasteiger partial charge < -0.3 is 4.74 Å². The maximum atomic E-state index is 13.7. The number of amides is 1. The quantitative estimate of drug-likeness (QED) is 0.417. The molecule has 1 aliphatic rings. The largest absolute Gasteiger partial charge is 0.462 e. The number of benzene rings is 2. The molecule has 0 N–H and O–H groups in total. The molecule has 1 aliphatic carbocycles. The van der Waals surface area contributed by atoms with E-state index < -0.39 is 0 Å². The fourth-order valence-electron chi connectivity index (χ4n) is 4.08. The number of aryl methyl sites for hydroxylation is 1. The smallest absolute Gasteiger partial charge is 0.341 e. The Morgan fingerprint density at radius 3 is 2.35 bits per heavy atom. The summed E-state index contributed by atoms with van der Waals surface area (Å²) in [4.78, 5) is 29.4. The van der Waals surface area contributed by atoms with Crippen molar-refractivity contribution in [3.05, 3.63) is 77.4 Å². The van der Waals surface area contributed by atoms with Crippen LogP contribution in [0.3, 0.4) is 0 Å². The number of hydrogen-bond acceptors (Lipinski definition) is 4. The van der Waals surface area contributed by atoms with Crippen molar-refractivity contribution < 1.29 is 14.3 Å². The molecule has 0 atom stereocenters. The molecule has 2 aromatic carbocycles. The molecule has 1 aromatic heterocycles. The van der Waals surface area contributed by atoms with Gasteiger partial charge in [0.05, 0.1) is 12.2 Å². The van der Waals surface area contributed by atoms with Crippen molar-refractivity contribution in [3.8, 4) is 10.4 Å². The van der Waals surface area contributed by atoms with E-state index in [-0.39, 0.29) is 17.9 Å². The summed E-state index contributed by atoms with van der Waals surface area (Å²) < 4.78 is 5.36. The van der Waals surface area contributed by atoms with Crippen molar-refractivity contribution >= 4 is 28.2 Å². The van der Waals surface area contributed by atoms with E-state index in [1.165, 1.54) is 11.3 Å². The summed E-state index contributed by atoms with van der Waals surface area (Å²) in [5.74, 6) is -0.436. The minimum Gasteiger partial charge on any atom is -0.462 e. The van der Waals surface area contributed by atoms with Gasteiger partial charge in [0.15, 0.2) is 0 Å². The van der Waals surface area contributed by atoms with Crippen LogP contribution in [-0.4, -0.2) is 24.5 Å². The topological polar surface area (TPSA) is 46.6 Å². The third-order valence-electron chi connectivity index (χ3n) is 5.69. The lowest BCUT2D eigenvalue weighted by Crippen LogP contribution is -2.39. The fourth-order valence-corrected chi connectivity index (χ4v) is 5.30. The van der Waals surface area contributed by atoms with Crippen molar-refractivity contribution in [3.63, 3.8) is 0 Å². The van der Waals surface area contributed by atoms with Gasteiger partial charge in [0.2, 0.25) is 0 Å². The Morgan fingerprint density at radius 2 is 1.71 bits per heavy atom. The molecule has 0 unspecified atom stereocenters. The van der Waals surface area contributed by atoms with Crippen molar-refractivity contribution in [2.45, 2.75) is 45.6 Å². The number of anilines is 1. The van der Waals surface area contributed by atoms with Gasteiger partial charge in [-0.2, -0.15) is 0 Å². The third-order valence-corrected chi connectivity index (χ3v) is 6.88. The van der Waals surface area contributed by atoms with Crippen LogP contribution in [0, 0.1) is 6.92 Å². The number of nitrogens with zero attached hydrogens (tertiary/aromatic N) is 1. The highest BCUT2D eigenvalue weighted by Gasteiger charge is 2.33. The zero-order valence-corrected chi connectivity index (χ0v) is 18.8. The van der Waals surface area contributed by atoms with Crippen LogP contribution in [0.25, 0.3) is 10.4 Å². The van der Waals surface area contributed by atoms with Gasteiger partial charge in [-0.1, -0.05) is 60.9 Å². The summed E-state index contributed by atoms with van der Waals surface area (Å²) in [6.07, 6.45) is 4.07. The fraction of sp³-hybridized carbons (Fsp3) is 0.308. The SMILES string of the molecule is CCOC(=O)c1cc(-c2ccccc2)sc1N(C(=O)c1ccc(C)cc1)C1CCCC1. The summed E-state index contributed by atoms with van der Waals surface area (Å²) in [7, 11) is 0. The Labute approximate surface area is 187 Å². The molecule has 3 aromatic rings. The van der Waals surface area contributed by atoms with Crippen LogP contribution in [0.15, 0.2) is 60.7 Å². The normalized spacial score (nSPS) is 13.9. The minimum atomic E-state index is -0.379. The molecular formula is C26H27NO3S. The summed E-state index contributed by atoms with van der Waals surface area (Å²) in [5.41, 5.74) is 3.25. The molecule has 0 radical (unpaired) electrons. The second kappa shape index (κ2) is 9.48. The van der Waals surface area contributed by atoms with E-state index in [1.807, 2.05) is 72.5 Å². The first kappa shape index (κ1) is 21.3. The van der Waals surface area contributed by atoms with Gasteiger partial charge in [0, 0.05) is 16.5 Å². The number of rotatable bonds is 6. The van der Waals surface area contributed by atoms with Crippen LogP contribution in [0.4, 0.5) is 5.00 Å². The lowest BCUT2D eigenvalue weighted by Gasteiger charge is -2.28. The molecule has 1 amide bonds. The van der Waals surface area contributed by atoms with Crippen LogP contribution in [-0.2, 0) is 4.74 Å². The first-order chi connectivity index (χ1) is 15.1. The predicted octanol–water partition coefficient (Wildman–Crippen LogP) is 6.49. The minimum absolute atomic E-state index is 0.0566. The van der Waals surface area contributed by atoms with E-state index in [9.17, 15) is 9.59 Å². The molecule has 31 heavy (non-hydrogen) atoms. The zero-order chi connectivity index (χ0) is 21.8. The summed E-state index contributed by atoms with van der Waals surface area (Å²) in [6, 6.07) is 19.6. The van der Waals surface area contributed by atoms with Crippen molar-refractivity contribution in [2.75, 3.05) is 11.5 Å². The molecule has 5 heteroatoms. The van der Waals surface area contributed by atoms with E-state index >= 15 is 0 Å². The lowest BCUT2D eigenvalue weighted by molar-refractivity contribution is 0.0528. The van der Waals surface area contributed by atoms with Gasteiger partial charge in [-0.05, 0) is 50.5 Å². The van der Waals surface area contributed by atoms with Crippen LogP contribution >= 0.6 is 11.3 Å². The molecule has 4 rings (SSSR count). The second-order valence-electron chi connectivity index (χ2n) is 7.90. The molecule has 4 nitrogen and oxygen atoms in total. The number of ether oxygens (including phenoxy) is 1. The van der Waals surface area contributed by atoms with E-state index in [0.717, 1.165) is 41.7 Å². The van der Waals surface area contributed by atoms with E-state index in [2.05, 4.69) is 0 Å². The molecule has 1 fully saturated rings. The van der Waals surface area contributed by atoms with Crippen LogP contribution in [0.2, 0.25) is 0 Å². The molecule has 160 valence electrons. The van der Waals surface area contributed by atoms with E-state index in [4.69, 9.17) is 4.74 Å². The van der Waals surface area contributed by atoms with Crippen LogP contribution < -0.4 is 4.90 Å². The maximum Gasteiger partial charge on any atom is 0.341 e. The van der Waals surface area contributed by atoms with Crippen molar-refractivity contribution in [2.24, 2.45) is 0 Å². The Morgan fingerprint density at radius 1 is 1.03 bits per heavy atom. The summed E-state index contributed by atoms with van der Waals surface area (Å²) in [6.45, 7) is 4.10. The lowest BCUT2D eigenvalue weighted by atomic mass is 10.1. The molecule has 0 spiro atoms. The molecule has 1 saturated carbocycles. The first-order valence-electron chi connectivity index (χ1n) is 10.8. The molecular weight excluding hydrogens is 406 g/mol. The van der Waals surface area contributed by atoms with E-state index in [0.29, 0.717) is 22.7 Å². The van der Waals surface area contributed by atoms with Crippen LogP contribution in [0.5, 0.6) is 0 Å².